The predicted octanol–water partition coefficient (Wildman–Crippen LogP) is 2.46. The maximum Gasteiger partial charge on any atom is 0.222 e. The van der Waals surface area contributed by atoms with Crippen LogP contribution in [0.4, 0.5) is 0 Å². The predicted molar refractivity (Wildman–Crippen MR) is 108 cm³/mol. The molecule has 2 atom stereocenters. The van der Waals surface area contributed by atoms with Crippen LogP contribution in [0.25, 0.3) is 0 Å². The van der Waals surface area contributed by atoms with Gasteiger partial charge in [-0.2, -0.15) is 0 Å². The molecule has 2 aromatic rings. The summed E-state index contributed by atoms with van der Waals surface area (Å²) in [5.41, 5.74) is 7.20. The van der Waals surface area contributed by atoms with Crippen molar-refractivity contribution in [1.29, 1.82) is 0 Å². The SMILES string of the molecule is COc1ccc(C(NC(=O)CC(C)N)c2cccc(S(C)(=O)=O)c2)cc1.Cl. The molecule has 0 aliphatic carbocycles. The third-order valence-corrected chi connectivity index (χ3v) is 4.99. The lowest BCUT2D eigenvalue weighted by Gasteiger charge is -2.21. The molecule has 0 saturated heterocycles. The summed E-state index contributed by atoms with van der Waals surface area (Å²) in [5, 5.41) is 2.94. The average molecular weight is 413 g/mol. The monoisotopic (exact) mass is 412 g/mol. The smallest absolute Gasteiger partial charge is 0.222 e. The van der Waals surface area contributed by atoms with Gasteiger partial charge in [-0.3, -0.25) is 4.79 Å². The Morgan fingerprint density at radius 3 is 2.30 bits per heavy atom. The first kappa shape index (κ1) is 23.0. The minimum Gasteiger partial charge on any atom is -0.497 e. The maximum absolute atomic E-state index is 12.3. The van der Waals surface area contributed by atoms with E-state index in [2.05, 4.69) is 5.32 Å². The highest BCUT2D eigenvalue weighted by molar-refractivity contribution is 7.90. The Balaban J connectivity index is 0.00000364. The minimum absolute atomic E-state index is 0. The molecule has 8 heteroatoms. The number of hydrogen-bond donors (Lipinski definition) is 2. The van der Waals surface area contributed by atoms with Gasteiger partial charge in [0, 0.05) is 18.7 Å². The quantitative estimate of drug-likeness (QED) is 0.727. The highest BCUT2D eigenvalue weighted by Crippen LogP contribution is 2.26. The van der Waals surface area contributed by atoms with E-state index in [4.69, 9.17) is 10.5 Å². The summed E-state index contributed by atoms with van der Waals surface area (Å²) >= 11 is 0. The van der Waals surface area contributed by atoms with Crippen LogP contribution in [0.3, 0.4) is 0 Å². The molecule has 2 aromatic carbocycles. The summed E-state index contributed by atoms with van der Waals surface area (Å²) in [6, 6.07) is 13.1. The number of sulfone groups is 1. The van der Waals surface area contributed by atoms with Crippen molar-refractivity contribution in [3.05, 3.63) is 59.7 Å². The first-order chi connectivity index (χ1) is 12.2. The Hall–Kier alpha value is -2.09. The van der Waals surface area contributed by atoms with Crippen LogP contribution >= 0.6 is 12.4 Å². The number of benzene rings is 2. The second-order valence-corrected chi connectivity index (χ2v) is 8.32. The van der Waals surface area contributed by atoms with Crippen LogP contribution in [0.2, 0.25) is 0 Å². The molecule has 3 N–H and O–H groups in total. The Bertz CT molecular complexity index is 868. The fourth-order valence-electron chi connectivity index (χ4n) is 2.59. The van der Waals surface area contributed by atoms with Crippen molar-refractivity contribution in [2.24, 2.45) is 5.73 Å². The summed E-state index contributed by atoms with van der Waals surface area (Å²) in [6.07, 6.45) is 1.33. The lowest BCUT2D eigenvalue weighted by atomic mass is 9.98. The minimum atomic E-state index is -3.35. The van der Waals surface area contributed by atoms with E-state index in [1.807, 2.05) is 12.1 Å². The molecular formula is C19H25ClN2O4S. The molecule has 0 bridgehead atoms. The lowest BCUT2D eigenvalue weighted by Crippen LogP contribution is -2.33. The first-order valence-corrected chi connectivity index (χ1v) is 10.1. The van der Waals surface area contributed by atoms with Gasteiger partial charge < -0.3 is 15.8 Å². The van der Waals surface area contributed by atoms with E-state index in [0.29, 0.717) is 11.3 Å². The molecule has 0 aliphatic rings. The molecule has 27 heavy (non-hydrogen) atoms. The topological polar surface area (TPSA) is 98.5 Å². The normalized spacial score (nSPS) is 13.2. The molecule has 0 spiro atoms. The number of nitrogens with two attached hydrogens (primary N) is 1. The van der Waals surface area contributed by atoms with Crippen LogP contribution in [0, 0.1) is 0 Å². The van der Waals surface area contributed by atoms with Crippen molar-refractivity contribution in [3.63, 3.8) is 0 Å². The van der Waals surface area contributed by atoms with Gasteiger partial charge in [0.25, 0.3) is 0 Å². The van der Waals surface area contributed by atoms with Crippen molar-refractivity contribution < 1.29 is 17.9 Å². The van der Waals surface area contributed by atoms with E-state index in [0.717, 1.165) is 11.8 Å². The molecule has 0 radical (unpaired) electrons. The maximum atomic E-state index is 12.3. The Kier molecular flexibility index (Phi) is 8.27. The fraction of sp³-hybridized carbons (Fsp3) is 0.316. The molecule has 2 rings (SSSR count). The lowest BCUT2D eigenvalue weighted by molar-refractivity contribution is -0.121. The molecule has 0 saturated carbocycles. The summed E-state index contributed by atoms with van der Waals surface area (Å²) in [4.78, 5) is 12.5. The van der Waals surface area contributed by atoms with Gasteiger partial charge in [0.05, 0.1) is 18.0 Å². The fourth-order valence-corrected chi connectivity index (χ4v) is 3.27. The number of methoxy groups -OCH3 is 1. The van der Waals surface area contributed by atoms with E-state index in [1.165, 1.54) is 6.07 Å². The van der Waals surface area contributed by atoms with Crippen molar-refractivity contribution in [1.82, 2.24) is 5.32 Å². The van der Waals surface area contributed by atoms with Crippen LogP contribution < -0.4 is 15.8 Å². The average Bonchev–Trinajstić information content (AvgIpc) is 2.58. The van der Waals surface area contributed by atoms with Gasteiger partial charge in [0.2, 0.25) is 5.91 Å². The summed E-state index contributed by atoms with van der Waals surface area (Å²) in [7, 11) is -1.78. The van der Waals surface area contributed by atoms with Crippen molar-refractivity contribution in [2.75, 3.05) is 13.4 Å². The van der Waals surface area contributed by atoms with E-state index in [-0.39, 0.29) is 35.7 Å². The zero-order chi connectivity index (χ0) is 19.3. The third-order valence-electron chi connectivity index (χ3n) is 3.88. The van der Waals surface area contributed by atoms with Gasteiger partial charge in [-0.1, -0.05) is 24.3 Å². The number of hydrogen-bond acceptors (Lipinski definition) is 5. The summed E-state index contributed by atoms with van der Waals surface area (Å²) in [5.74, 6) is 0.491. The van der Waals surface area contributed by atoms with Crippen LogP contribution in [0.1, 0.15) is 30.5 Å². The zero-order valence-electron chi connectivity index (χ0n) is 15.5. The van der Waals surface area contributed by atoms with Crippen LogP contribution in [0.5, 0.6) is 5.75 Å². The summed E-state index contributed by atoms with van der Waals surface area (Å²) < 4.78 is 28.9. The first-order valence-electron chi connectivity index (χ1n) is 8.19. The molecule has 0 fully saturated rings. The van der Waals surface area contributed by atoms with Gasteiger partial charge in [-0.05, 0) is 42.3 Å². The third kappa shape index (κ3) is 6.53. The van der Waals surface area contributed by atoms with Crippen LogP contribution in [-0.4, -0.2) is 33.7 Å². The Morgan fingerprint density at radius 2 is 1.78 bits per heavy atom. The van der Waals surface area contributed by atoms with Gasteiger partial charge in [0.1, 0.15) is 5.75 Å². The number of nitrogens with one attached hydrogen (secondary N) is 1. The summed E-state index contributed by atoms with van der Waals surface area (Å²) in [6.45, 7) is 1.76. The second kappa shape index (κ2) is 9.73. The number of halogens is 1. The van der Waals surface area contributed by atoms with E-state index in [9.17, 15) is 13.2 Å². The molecule has 1 amide bonds. The van der Waals surface area contributed by atoms with E-state index >= 15 is 0 Å². The zero-order valence-corrected chi connectivity index (χ0v) is 17.1. The van der Waals surface area contributed by atoms with Crippen molar-refractivity contribution in [2.45, 2.75) is 30.3 Å². The number of carbonyl (C=O) groups is 1. The molecule has 0 aliphatic heterocycles. The number of carbonyl (C=O) groups excluding carboxylic acids is 1. The second-order valence-electron chi connectivity index (χ2n) is 6.30. The molecule has 148 valence electrons. The van der Waals surface area contributed by atoms with Crippen molar-refractivity contribution in [3.8, 4) is 5.75 Å². The van der Waals surface area contributed by atoms with E-state index < -0.39 is 15.9 Å². The van der Waals surface area contributed by atoms with Gasteiger partial charge in [0.15, 0.2) is 9.84 Å². The Labute approximate surface area is 166 Å². The van der Waals surface area contributed by atoms with Crippen molar-refractivity contribution >= 4 is 28.2 Å². The molecule has 0 aromatic heterocycles. The highest BCUT2D eigenvalue weighted by Gasteiger charge is 2.19. The number of ether oxygens (including phenoxy) is 1. The van der Waals surface area contributed by atoms with Crippen LogP contribution in [-0.2, 0) is 14.6 Å². The largest absolute Gasteiger partial charge is 0.497 e. The number of amides is 1. The molecular weight excluding hydrogens is 388 g/mol. The van der Waals surface area contributed by atoms with Gasteiger partial charge in [-0.15, -0.1) is 12.4 Å². The van der Waals surface area contributed by atoms with Gasteiger partial charge in [-0.25, -0.2) is 8.42 Å². The molecule has 0 heterocycles. The Morgan fingerprint density at radius 1 is 1.15 bits per heavy atom. The van der Waals surface area contributed by atoms with E-state index in [1.54, 1.807) is 44.4 Å². The highest BCUT2D eigenvalue weighted by atomic mass is 35.5. The standard InChI is InChI=1S/C19H24N2O4S.ClH/c1-13(20)11-18(22)21-19(14-7-9-16(25-2)10-8-14)15-5-4-6-17(12-15)26(3,23)24;/h4-10,12-13,19H,11,20H2,1-3H3,(H,21,22);1H. The molecule has 2 unspecified atom stereocenters. The molecule has 6 nitrogen and oxygen atoms in total. The number of rotatable bonds is 7. The van der Waals surface area contributed by atoms with Gasteiger partial charge >= 0.3 is 0 Å². The van der Waals surface area contributed by atoms with Crippen LogP contribution in [0.15, 0.2) is 53.4 Å².